The Bertz CT molecular complexity index is 1270. The van der Waals surface area contributed by atoms with Gasteiger partial charge in [0.15, 0.2) is 11.6 Å². The summed E-state index contributed by atoms with van der Waals surface area (Å²) in [5.41, 5.74) is 1.85. The molecule has 0 spiro atoms. The van der Waals surface area contributed by atoms with E-state index in [2.05, 4.69) is 4.98 Å². The van der Waals surface area contributed by atoms with Crippen molar-refractivity contribution in [1.82, 2.24) is 9.55 Å². The Labute approximate surface area is 176 Å². The van der Waals surface area contributed by atoms with Crippen molar-refractivity contribution in [3.63, 3.8) is 0 Å². The summed E-state index contributed by atoms with van der Waals surface area (Å²) >= 11 is 0. The van der Waals surface area contributed by atoms with Crippen LogP contribution in [0.1, 0.15) is 16.2 Å². The third kappa shape index (κ3) is 4.32. The Balaban J connectivity index is 1.53. The van der Waals surface area contributed by atoms with Crippen LogP contribution in [0.3, 0.4) is 0 Å². The van der Waals surface area contributed by atoms with Gasteiger partial charge < -0.3 is 18.8 Å². The Hall–Kier alpha value is -3.94. The van der Waals surface area contributed by atoms with Gasteiger partial charge in [0.1, 0.15) is 29.7 Å². The standard InChI is InChI=1S/C23H18F2N2O4/c1-27-20-12-17(31-21-9-6-15(24)11-18(21)25)7-8-19(20)26-22(27)13-30-16-5-3-4-14(10-16)23(28)29-2/h3-12H,13H2,1-2H3. The number of benzene rings is 3. The largest absolute Gasteiger partial charge is 0.486 e. The van der Waals surface area contributed by atoms with Crippen molar-refractivity contribution in [1.29, 1.82) is 0 Å². The van der Waals surface area contributed by atoms with E-state index in [1.165, 1.54) is 13.2 Å². The Kier molecular flexibility index (Phi) is 5.53. The zero-order valence-electron chi connectivity index (χ0n) is 16.8. The number of esters is 1. The minimum Gasteiger partial charge on any atom is -0.486 e. The topological polar surface area (TPSA) is 62.6 Å². The number of aryl methyl sites for hydroxylation is 1. The lowest BCUT2D eigenvalue weighted by molar-refractivity contribution is 0.0600. The number of hydrogen-bond donors (Lipinski definition) is 0. The first-order valence-electron chi connectivity index (χ1n) is 9.34. The quantitative estimate of drug-likeness (QED) is 0.407. The molecule has 0 unspecified atom stereocenters. The number of hydrogen-bond acceptors (Lipinski definition) is 5. The number of aromatic nitrogens is 2. The monoisotopic (exact) mass is 424 g/mol. The van der Waals surface area contributed by atoms with Gasteiger partial charge in [0.25, 0.3) is 0 Å². The second-order valence-electron chi connectivity index (χ2n) is 6.72. The molecule has 0 atom stereocenters. The van der Waals surface area contributed by atoms with Crippen LogP contribution in [-0.4, -0.2) is 22.6 Å². The molecule has 1 aromatic heterocycles. The van der Waals surface area contributed by atoms with Gasteiger partial charge >= 0.3 is 5.97 Å². The Morgan fingerprint density at radius 3 is 2.65 bits per heavy atom. The van der Waals surface area contributed by atoms with E-state index in [0.29, 0.717) is 28.4 Å². The van der Waals surface area contributed by atoms with E-state index in [1.54, 1.807) is 42.5 Å². The molecule has 1 heterocycles. The molecule has 31 heavy (non-hydrogen) atoms. The predicted octanol–water partition coefficient (Wildman–Crippen LogP) is 5.01. The first kappa shape index (κ1) is 20.3. The molecule has 6 nitrogen and oxygen atoms in total. The normalized spacial score (nSPS) is 10.8. The molecule has 0 saturated heterocycles. The molecule has 0 bridgehead atoms. The zero-order chi connectivity index (χ0) is 22.0. The summed E-state index contributed by atoms with van der Waals surface area (Å²) in [5.74, 6) is -0.439. The fraction of sp³-hybridized carbons (Fsp3) is 0.130. The van der Waals surface area contributed by atoms with Gasteiger partial charge in [0, 0.05) is 19.2 Å². The molecule has 0 aliphatic heterocycles. The summed E-state index contributed by atoms with van der Waals surface area (Å²) in [5, 5.41) is 0. The highest BCUT2D eigenvalue weighted by molar-refractivity contribution is 5.89. The average Bonchev–Trinajstić information content (AvgIpc) is 3.09. The number of fused-ring (bicyclic) bond motifs is 1. The minimum atomic E-state index is -0.784. The van der Waals surface area contributed by atoms with Crippen LogP contribution >= 0.6 is 0 Å². The lowest BCUT2D eigenvalue weighted by atomic mass is 10.2. The summed E-state index contributed by atoms with van der Waals surface area (Å²) in [6.07, 6.45) is 0. The maximum atomic E-state index is 13.9. The summed E-state index contributed by atoms with van der Waals surface area (Å²) in [6.45, 7) is 0.165. The molecule has 3 aromatic carbocycles. The molecule has 0 saturated carbocycles. The highest BCUT2D eigenvalue weighted by atomic mass is 19.1. The number of imidazole rings is 1. The van der Waals surface area contributed by atoms with Gasteiger partial charge in [-0.05, 0) is 42.5 Å². The van der Waals surface area contributed by atoms with E-state index >= 15 is 0 Å². The molecule has 4 aromatic rings. The molecular weight excluding hydrogens is 406 g/mol. The van der Waals surface area contributed by atoms with E-state index in [-0.39, 0.29) is 12.4 Å². The predicted molar refractivity (Wildman–Crippen MR) is 109 cm³/mol. The molecule has 0 fully saturated rings. The smallest absolute Gasteiger partial charge is 0.337 e. The van der Waals surface area contributed by atoms with Crippen molar-refractivity contribution in [2.45, 2.75) is 6.61 Å². The Morgan fingerprint density at radius 1 is 1.03 bits per heavy atom. The molecule has 0 radical (unpaired) electrons. The van der Waals surface area contributed by atoms with Crippen molar-refractivity contribution in [3.8, 4) is 17.2 Å². The van der Waals surface area contributed by atoms with Crippen molar-refractivity contribution in [3.05, 3.63) is 83.7 Å². The molecule has 0 amide bonds. The molecule has 158 valence electrons. The van der Waals surface area contributed by atoms with Gasteiger partial charge in [-0.1, -0.05) is 6.07 Å². The maximum absolute atomic E-state index is 13.9. The molecule has 0 N–H and O–H groups in total. The van der Waals surface area contributed by atoms with Gasteiger partial charge in [-0.25, -0.2) is 18.6 Å². The van der Waals surface area contributed by atoms with Crippen LogP contribution in [0.4, 0.5) is 8.78 Å². The fourth-order valence-electron chi connectivity index (χ4n) is 3.08. The van der Waals surface area contributed by atoms with Gasteiger partial charge in [0.05, 0.1) is 23.7 Å². The Morgan fingerprint density at radius 2 is 1.87 bits per heavy atom. The number of nitrogens with zero attached hydrogens (tertiary/aromatic N) is 2. The SMILES string of the molecule is COC(=O)c1cccc(OCc2nc3ccc(Oc4ccc(F)cc4F)cc3n2C)c1. The van der Waals surface area contributed by atoms with Gasteiger partial charge in [-0.3, -0.25) is 0 Å². The second-order valence-corrected chi connectivity index (χ2v) is 6.72. The van der Waals surface area contributed by atoms with Crippen LogP contribution in [0.15, 0.2) is 60.7 Å². The molecule has 4 rings (SSSR count). The summed E-state index contributed by atoms with van der Waals surface area (Å²) in [7, 11) is 3.14. The summed E-state index contributed by atoms with van der Waals surface area (Å²) in [4.78, 5) is 16.2. The lowest BCUT2D eigenvalue weighted by Crippen LogP contribution is -2.05. The van der Waals surface area contributed by atoms with Crippen LogP contribution in [0.5, 0.6) is 17.2 Å². The fourth-order valence-corrected chi connectivity index (χ4v) is 3.08. The van der Waals surface area contributed by atoms with E-state index in [1.807, 2.05) is 11.6 Å². The van der Waals surface area contributed by atoms with E-state index in [4.69, 9.17) is 14.2 Å². The number of ether oxygens (including phenoxy) is 3. The van der Waals surface area contributed by atoms with Crippen molar-refractivity contribution < 1.29 is 27.8 Å². The van der Waals surface area contributed by atoms with E-state index < -0.39 is 17.6 Å². The number of methoxy groups -OCH3 is 1. The lowest BCUT2D eigenvalue weighted by Gasteiger charge is -2.08. The highest BCUT2D eigenvalue weighted by Crippen LogP contribution is 2.28. The summed E-state index contributed by atoms with van der Waals surface area (Å²) in [6, 6.07) is 14.9. The zero-order valence-corrected chi connectivity index (χ0v) is 16.8. The maximum Gasteiger partial charge on any atom is 0.337 e. The van der Waals surface area contributed by atoms with Gasteiger partial charge in [0.2, 0.25) is 0 Å². The first-order chi connectivity index (χ1) is 14.9. The van der Waals surface area contributed by atoms with Crippen molar-refractivity contribution in [2.75, 3.05) is 7.11 Å². The van der Waals surface area contributed by atoms with Crippen LogP contribution in [0.2, 0.25) is 0 Å². The average molecular weight is 424 g/mol. The first-order valence-corrected chi connectivity index (χ1v) is 9.34. The van der Waals surface area contributed by atoms with Crippen LogP contribution in [-0.2, 0) is 18.4 Å². The minimum absolute atomic E-state index is 0.0723. The third-order valence-electron chi connectivity index (χ3n) is 4.69. The van der Waals surface area contributed by atoms with Gasteiger partial charge in [-0.15, -0.1) is 0 Å². The van der Waals surface area contributed by atoms with E-state index in [0.717, 1.165) is 17.6 Å². The van der Waals surface area contributed by atoms with Crippen molar-refractivity contribution in [2.24, 2.45) is 7.05 Å². The molecule has 0 aliphatic rings. The number of carbonyl (C=O) groups is 1. The number of rotatable bonds is 6. The third-order valence-corrected chi connectivity index (χ3v) is 4.69. The second kappa shape index (κ2) is 8.43. The molecule has 0 aliphatic carbocycles. The van der Waals surface area contributed by atoms with Crippen LogP contribution < -0.4 is 9.47 Å². The van der Waals surface area contributed by atoms with E-state index in [9.17, 15) is 13.6 Å². The number of halogens is 2. The number of carbonyl (C=O) groups excluding carboxylic acids is 1. The summed E-state index contributed by atoms with van der Waals surface area (Å²) < 4.78 is 44.8. The van der Waals surface area contributed by atoms with Crippen LogP contribution in [0, 0.1) is 11.6 Å². The highest BCUT2D eigenvalue weighted by Gasteiger charge is 2.12. The molecule has 8 heteroatoms. The molecular formula is C23H18F2N2O4. The van der Waals surface area contributed by atoms with Gasteiger partial charge in [-0.2, -0.15) is 0 Å². The van der Waals surface area contributed by atoms with Crippen molar-refractivity contribution >= 4 is 17.0 Å². The van der Waals surface area contributed by atoms with Crippen LogP contribution in [0.25, 0.3) is 11.0 Å².